The maximum absolute atomic E-state index is 13.1. The van der Waals surface area contributed by atoms with Gasteiger partial charge < -0.3 is 67.9 Å². The number of aromatic amines is 2. The standard InChI is InChI=1S/C25H31BN4O4.C23H24N6O2.C19H19BrN4O2.C4H5BrN2/c1-24(2)25(3,4)34-26(33-24)17-6-11-20-21(16-17)29(5)23(31)22(28-20)27-18-7-9-19(10-8-18)30-12-14-32-15-13-30;1-15-19(14-24-27-15)16-3-8-20-21(13-16)28(2)23(30)22(26-20)25-17-4-6-18(7-5-17)29-9-11-31-12-10-29;1-23-17-12-13(20)2-7-16(17)22-18(19(23)25)21-14-3-5-15(6-4-14)24-8-10-26-11-9-24;1-3-4(5)2-6-7-3/h6-11,16H,12-15H2,1-5H3,(H,27,28);3-8,13-14H,9-12H2,1-2H3,(H,24,27)(H,25,26);2-7,12H,8-11H2,1H3,(H,21,22);2H,1H3,(H,6,7). The number of H-pyrrole nitrogens is 2. The third-order valence-corrected chi connectivity index (χ3v) is 19.5. The lowest BCUT2D eigenvalue weighted by Gasteiger charge is -2.32. The van der Waals surface area contributed by atoms with Gasteiger partial charge in [0.1, 0.15) is 0 Å². The lowest BCUT2D eigenvalue weighted by Crippen LogP contribution is -2.41. The van der Waals surface area contributed by atoms with Gasteiger partial charge in [0.25, 0.3) is 16.7 Å². The van der Waals surface area contributed by atoms with E-state index in [1.54, 1.807) is 47.2 Å². The minimum absolute atomic E-state index is 0.159. The molecule has 5 aromatic heterocycles. The molecule has 0 unspecified atom stereocenters. The van der Waals surface area contributed by atoms with Crippen LogP contribution in [0.25, 0.3) is 44.2 Å². The van der Waals surface area contributed by atoms with Gasteiger partial charge >= 0.3 is 7.12 Å². The molecule has 0 bridgehead atoms. The molecule has 0 atom stereocenters. The molecule has 4 fully saturated rings. The van der Waals surface area contributed by atoms with E-state index in [0.29, 0.717) is 11.6 Å². The lowest BCUT2D eigenvalue weighted by atomic mass is 9.79. The first kappa shape index (κ1) is 68.7. The molecule has 4 saturated heterocycles. The average molecular weight is 1460 g/mol. The van der Waals surface area contributed by atoms with Crippen molar-refractivity contribution in [2.24, 2.45) is 21.1 Å². The van der Waals surface area contributed by atoms with E-state index >= 15 is 0 Å². The van der Waals surface area contributed by atoms with Gasteiger partial charge in [0.15, 0.2) is 17.5 Å². The van der Waals surface area contributed by atoms with Crippen molar-refractivity contribution in [3.63, 3.8) is 0 Å². The molecule has 0 radical (unpaired) electrons. The van der Waals surface area contributed by atoms with Crippen LogP contribution in [0.3, 0.4) is 0 Å². The molecule has 98 heavy (non-hydrogen) atoms. The summed E-state index contributed by atoms with van der Waals surface area (Å²) in [4.78, 5) is 59.2. The van der Waals surface area contributed by atoms with Crippen molar-refractivity contribution in [1.82, 2.24) is 49.0 Å². The zero-order valence-electron chi connectivity index (χ0n) is 56.3. The zero-order chi connectivity index (χ0) is 68.8. The molecular formula is C71H79BBr2N16O8. The average Bonchev–Trinajstić information content (AvgIpc) is 1.69. The monoisotopic (exact) mass is 1450 g/mol. The van der Waals surface area contributed by atoms with Gasteiger partial charge in [0.05, 0.1) is 101 Å². The number of hydrogen-bond acceptors (Lipinski definition) is 19. The van der Waals surface area contributed by atoms with Gasteiger partial charge in [-0.15, -0.1) is 0 Å². The normalized spacial score (nSPS) is 15.8. The number of hydrogen-bond donors (Lipinski definition) is 5. The van der Waals surface area contributed by atoms with Crippen molar-refractivity contribution in [2.45, 2.75) is 52.7 Å². The minimum atomic E-state index is -0.493. The van der Waals surface area contributed by atoms with Crippen LogP contribution in [0, 0.1) is 13.8 Å². The van der Waals surface area contributed by atoms with Gasteiger partial charge in [0.2, 0.25) is 0 Å². The van der Waals surface area contributed by atoms with Gasteiger partial charge in [-0.25, -0.2) is 15.0 Å². The summed E-state index contributed by atoms with van der Waals surface area (Å²) < 4.78 is 35.4. The van der Waals surface area contributed by atoms with Crippen LogP contribution in [-0.4, -0.2) is 146 Å². The predicted octanol–water partition coefficient (Wildman–Crippen LogP) is 10.8. The van der Waals surface area contributed by atoms with Crippen molar-refractivity contribution < 1.29 is 23.5 Å². The van der Waals surface area contributed by atoms with Crippen LogP contribution in [0.5, 0.6) is 0 Å². The summed E-state index contributed by atoms with van der Waals surface area (Å²) in [5.74, 6) is 0.917. The maximum atomic E-state index is 13.1. The van der Waals surface area contributed by atoms with E-state index in [1.165, 1.54) is 0 Å². The second-order valence-corrected chi connectivity index (χ2v) is 27.0. The first-order valence-corrected chi connectivity index (χ1v) is 34.0. The Morgan fingerprint density at radius 3 is 1.19 bits per heavy atom. The Balaban J connectivity index is 0.000000134. The molecule has 0 saturated carbocycles. The second-order valence-electron chi connectivity index (χ2n) is 25.2. The highest BCUT2D eigenvalue weighted by atomic mass is 79.9. The topological polar surface area (TPSA) is 254 Å². The Hall–Kier alpha value is -9.22. The fraction of sp³-hybridized carbons (Fsp3) is 0.324. The zero-order valence-corrected chi connectivity index (χ0v) is 59.5. The highest BCUT2D eigenvalue weighted by Gasteiger charge is 2.51. The molecule has 27 heteroatoms. The minimum Gasteiger partial charge on any atom is -0.399 e. The summed E-state index contributed by atoms with van der Waals surface area (Å²) in [5, 5.41) is 23.1. The predicted molar refractivity (Wildman–Crippen MR) is 396 cm³/mol. The molecule has 24 nitrogen and oxygen atoms in total. The van der Waals surface area contributed by atoms with Gasteiger partial charge in [-0.3, -0.25) is 24.6 Å². The molecule has 508 valence electrons. The fourth-order valence-electron chi connectivity index (χ4n) is 11.6. The number of nitrogens with one attached hydrogen (secondary N) is 5. The molecule has 0 spiro atoms. The third kappa shape index (κ3) is 15.5. The van der Waals surface area contributed by atoms with Crippen molar-refractivity contribution in [1.29, 1.82) is 0 Å². The molecule has 0 amide bonds. The largest absolute Gasteiger partial charge is 0.494 e. The molecule has 9 heterocycles. The van der Waals surface area contributed by atoms with E-state index in [1.807, 2.05) is 133 Å². The summed E-state index contributed by atoms with van der Waals surface area (Å²) in [7, 11) is 4.79. The van der Waals surface area contributed by atoms with Gasteiger partial charge in [-0.1, -0.05) is 28.1 Å². The van der Waals surface area contributed by atoms with Gasteiger partial charge in [-0.05, 0) is 184 Å². The summed E-state index contributed by atoms with van der Waals surface area (Å²) in [6.07, 6.45) is 3.52. The van der Waals surface area contributed by atoms with Crippen LogP contribution in [0.2, 0.25) is 0 Å². The summed E-state index contributed by atoms with van der Waals surface area (Å²) >= 11 is 6.70. The number of aromatic nitrogens is 10. The molecule has 5 N–H and O–H groups in total. The highest BCUT2D eigenvalue weighted by molar-refractivity contribution is 9.10. The van der Waals surface area contributed by atoms with Crippen LogP contribution < -0.4 is 52.8 Å². The number of aryl methyl sites for hydroxylation is 5. The first-order chi connectivity index (χ1) is 47.2. The van der Waals surface area contributed by atoms with Crippen LogP contribution in [0.4, 0.5) is 51.6 Å². The van der Waals surface area contributed by atoms with E-state index in [9.17, 15) is 14.4 Å². The molecular weight excluding hydrogens is 1380 g/mol. The Morgan fingerprint density at radius 1 is 0.459 bits per heavy atom. The Bertz CT molecular complexity index is 4780. The van der Waals surface area contributed by atoms with Gasteiger partial charge in [-0.2, -0.15) is 10.2 Å². The fourth-order valence-corrected chi connectivity index (χ4v) is 12.2. The van der Waals surface area contributed by atoms with Gasteiger partial charge in [0, 0.05) is 116 Å². The molecule has 4 aliphatic rings. The first-order valence-electron chi connectivity index (χ1n) is 32.5. The van der Waals surface area contributed by atoms with Crippen molar-refractivity contribution in [3.8, 4) is 11.1 Å². The van der Waals surface area contributed by atoms with Crippen LogP contribution in [-0.2, 0) is 44.7 Å². The van der Waals surface area contributed by atoms with E-state index in [-0.39, 0.29) is 22.5 Å². The quantitative estimate of drug-likeness (QED) is 0.0755. The smallest absolute Gasteiger partial charge is 0.399 e. The number of anilines is 9. The number of nitrogens with zero attached hydrogens (tertiary/aromatic N) is 11. The summed E-state index contributed by atoms with van der Waals surface area (Å²) in [6, 6.07) is 41.5. The van der Waals surface area contributed by atoms with Crippen LogP contribution >= 0.6 is 31.9 Å². The Morgan fingerprint density at radius 2 is 0.827 bits per heavy atom. The number of fused-ring (bicyclic) bond motifs is 3. The molecule has 6 aromatic carbocycles. The Labute approximate surface area is 584 Å². The van der Waals surface area contributed by atoms with E-state index in [0.717, 1.165) is 183 Å². The molecule has 4 aliphatic heterocycles. The van der Waals surface area contributed by atoms with Crippen molar-refractivity contribution >= 4 is 129 Å². The number of morpholine rings is 3. The van der Waals surface area contributed by atoms with Crippen LogP contribution in [0.1, 0.15) is 39.1 Å². The molecule has 0 aliphatic carbocycles. The van der Waals surface area contributed by atoms with Crippen LogP contribution in [0.15, 0.2) is 163 Å². The number of ether oxygens (including phenoxy) is 3. The third-order valence-electron chi connectivity index (χ3n) is 18.2. The van der Waals surface area contributed by atoms with Crippen molar-refractivity contribution in [3.05, 3.63) is 191 Å². The SMILES string of the molecule is Cc1[nH]ncc1-c1ccc2nc(Nc3ccc(N4CCOCC4)cc3)c(=O)n(C)c2c1.Cc1[nH]ncc1Br.Cn1c(=O)c(Nc2ccc(N3CCOCC3)cc2)nc2ccc(B3OC(C)(C)C(C)(C)O3)cc21.Cn1c(=O)c(Nc2ccc(N3CCOCC3)cc2)nc2ccc(Br)cc21. The summed E-state index contributed by atoms with van der Waals surface area (Å²) in [6.45, 7) is 21.9. The maximum Gasteiger partial charge on any atom is 0.494 e. The Kier molecular flexibility index (Phi) is 20.9. The summed E-state index contributed by atoms with van der Waals surface area (Å²) in [5.41, 5.74) is 14.0. The van der Waals surface area contributed by atoms with E-state index in [4.69, 9.17) is 23.5 Å². The molecule has 11 aromatic rings. The lowest BCUT2D eigenvalue weighted by molar-refractivity contribution is 0.00578. The second kappa shape index (κ2) is 29.9. The van der Waals surface area contributed by atoms with E-state index in [2.05, 4.69) is 134 Å². The number of rotatable bonds is 11. The highest BCUT2D eigenvalue weighted by Crippen LogP contribution is 2.37. The number of benzene rings is 6. The molecule has 15 rings (SSSR count). The van der Waals surface area contributed by atoms with E-state index < -0.39 is 18.3 Å². The van der Waals surface area contributed by atoms with Crippen molar-refractivity contribution in [2.75, 3.05) is 110 Å². The number of halogens is 2.